The lowest BCUT2D eigenvalue weighted by Gasteiger charge is -2.26. The van der Waals surface area contributed by atoms with Gasteiger partial charge in [0.1, 0.15) is 0 Å². The van der Waals surface area contributed by atoms with Crippen molar-refractivity contribution in [1.82, 2.24) is 9.62 Å². The Hall–Kier alpha value is -1.70. The van der Waals surface area contributed by atoms with Crippen LogP contribution < -0.4 is 5.32 Å². The monoisotopic (exact) mass is 450 g/mol. The molecule has 0 spiro atoms. The lowest BCUT2D eigenvalue weighted by molar-refractivity contribution is -0.120. The molecule has 0 bridgehead atoms. The number of nitrogens with one attached hydrogen (secondary N) is 1. The molecule has 1 heterocycles. The lowest BCUT2D eigenvalue weighted by atomic mass is 10.1. The van der Waals surface area contributed by atoms with Gasteiger partial charge in [-0.25, -0.2) is 8.42 Å². The van der Waals surface area contributed by atoms with Crippen molar-refractivity contribution in [3.63, 3.8) is 0 Å². The molecule has 1 saturated heterocycles. The molecule has 2 aromatic carbocycles. The van der Waals surface area contributed by atoms with Crippen molar-refractivity contribution in [3.8, 4) is 0 Å². The van der Waals surface area contributed by atoms with Gasteiger partial charge in [0, 0.05) is 24.1 Å². The highest BCUT2D eigenvalue weighted by atomic mass is 79.9. The maximum atomic E-state index is 12.8. The summed E-state index contributed by atoms with van der Waals surface area (Å²) in [5.74, 6) is -0.0996. The Labute approximate surface area is 169 Å². The Kier molecular flexibility index (Phi) is 6.68. The van der Waals surface area contributed by atoms with Crippen LogP contribution in [0.4, 0.5) is 0 Å². The maximum Gasteiger partial charge on any atom is 0.243 e. The molecule has 27 heavy (non-hydrogen) atoms. The van der Waals surface area contributed by atoms with Crippen molar-refractivity contribution in [2.75, 3.05) is 13.1 Å². The van der Waals surface area contributed by atoms with E-state index in [1.807, 2.05) is 30.3 Å². The van der Waals surface area contributed by atoms with Gasteiger partial charge in [-0.15, -0.1) is 0 Å². The minimum Gasteiger partial charge on any atom is -0.352 e. The van der Waals surface area contributed by atoms with Crippen molar-refractivity contribution in [2.24, 2.45) is 0 Å². The third-order valence-corrected chi connectivity index (χ3v) is 6.98. The summed E-state index contributed by atoms with van der Waals surface area (Å²) in [6.07, 6.45) is 3.18. The molecule has 1 N–H and O–H groups in total. The first-order chi connectivity index (χ1) is 12.9. The first kappa shape index (κ1) is 20.0. The van der Waals surface area contributed by atoms with Gasteiger partial charge in [0.05, 0.1) is 11.3 Å². The average molecular weight is 451 g/mol. The molecule has 0 aromatic heterocycles. The van der Waals surface area contributed by atoms with E-state index in [-0.39, 0.29) is 12.3 Å². The van der Waals surface area contributed by atoms with E-state index in [2.05, 4.69) is 21.2 Å². The van der Waals surface area contributed by atoms with Crippen LogP contribution in [0, 0.1) is 0 Å². The van der Waals surface area contributed by atoms with Gasteiger partial charge in [-0.2, -0.15) is 4.31 Å². The number of sulfonamides is 1. The zero-order valence-corrected chi connectivity index (χ0v) is 17.4. The second-order valence-corrected chi connectivity index (χ2v) is 9.55. The van der Waals surface area contributed by atoms with Crippen molar-refractivity contribution in [1.29, 1.82) is 0 Å². The zero-order chi connectivity index (χ0) is 19.3. The smallest absolute Gasteiger partial charge is 0.243 e. The molecule has 0 saturated carbocycles. The standard InChI is InChI=1S/C20H23BrN2O3S/c21-18-8-4-6-16(12-18)14-20(24)22-15-17-7-5-9-19(13-17)27(25,26)23-10-2-1-3-11-23/h4-9,12-13H,1-3,10-11,14-15H2,(H,22,24). The molecule has 1 aliphatic rings. The summed E-state index contributed by atoms with van der Waals surface area (Å²) in [6.45, 7) is 1.46. The Balaban J connectivity index is 1.63. The number of carbonyl (C=O) groups excluding carboxylic acids is 1. The average Bonchev–Trinajstić information content (AvgIpc) is 2.67. The van der Waals surface area contributed by atoms with Crippen LogP contribution in [0.1, 0.15) is 30.4 Å². The summed E-state index contributed by atoms with van der Waals surface area (Å²) in [6, 6.07) is 14.4. The summed E-state index contributed by atoms with van der Waals surface area (Å²) in [5.41, 5.74) is 1.69. The van der Waals surface area contributed by atoms with Gasteiger partial charge in [-0.05, 0) is 48.2 Å². The largest absolute Gasteiger partial charge is 0.352 e. The highest BCUT2D eigenvalue weighted by molar-refractivity contribution is 9.10. The molecular formula is C20H23BrN2O3S. The fraction of sp³-hybridized carbons (Fsp3) is 0.350. The van der Waals surface area contributed by atoms with Crippen LogP contribution in [-0.4, -0.2) is 31.7 Å². The summed E-state index contributed by atoms with van der Waals surface area (Å²) in [5, 5.41) is 2.86. The predicted molar refractivity (Wildman–Crippen MR) is 109 cm³/mol. The molecule has 0 radical (unpaired) electrons. The lowest BCUT2D eigenvalue weighted by Crippen LogP contribution is -2.35. The fourth-order valence-corrected chi connectivity index (χ4v) is 5.20. The number of carbonyl (C=O) groups is 1. The van der Waals surface area contributed by atoms with Gasteiger partial charge < -0.3 is 5.32 Å². The van der Waals surface area contributed by atoms with Crippen molar-refractivity contribution in [3.05, 3.63) is 64.1 Å². The molecule has 1 aliphatic heterocycles. The minimum atomic E-state index is -3.46. The van der Waals surface area contributed by atoms with Gasteiger partial charge in [-0.1, -0.05) is 46.6 Å². The summed E-state index contributed by atoms with van der Waals surface area (Å²) < 4.78 is 28.1. The molecule has 0 atom stereocenters. The summed E-state index contributed by atoms with van der Waals surface area (Å²) >= 11 is 3.39. The third kappa shape index (κ3) is 5.40. The molecular weight excluding hydrogens is 428 g/mol. The summed E-state index contributed by atoms with van der Waals surface area (Å²) in [4.78, 5) is 12.5. The Bertz CT molecular complexity index is 909. The Morgan fingerprint density at radius 3 is 2.44 bits per heavy atom. The molecule has 3 rings (SSSR count). The summed E-state index contributed by atoms with van der Waals surface area (Å²) in [7, 11) is -3.46. The molecule has 1 fully saturated rings. The Morgan fingerprint density at radius 1 is 1.00 bits per heavy atom. The van der Waals surface area contributed by atoms with Gasteiger partial charge in [0.15, 0.2) is 0 Å². The van der Waals surface area contributed by atoms with Crippen LogP contribution in [0.3, 0.4) is 0 Å². The van der Waals surface area contributed by atoms with Gasteiger partial charge in [-0.3, -0.25) is 4.79 Å². The normalized spacial score (nSPS) is 15.4. The maximum absolute atomic E-state index is 12.8. The zero-order valence-electron chi connectivity index (χ0n) is 15.0. The topological polar surface area (TPSA) is 66.5 Å². The van der Waals surface area contributed by atoms with Crippen molar-refractivity contribution >= 4 is 31.9 Å². The highest BCUT2D eigenvalue weighted by Gasteiger charge is 2.25. The molecule has 144 valence electrons. The van der Waals surface area contributed by atoms with Gasteiger partial charge in [0.25, 0.3) is 0 Å². The van der Waals surface area contributed by atoms with E-state index >= 15 is 0 Å². The van der Waals surface area contributed by atoms with Crippen LogP contribution >= 0.6 is 15.9 Å². The predicted octanol–water partition coefficient (Wildman–Crippen LogP) is 3.48. The molecule has 2 aromatic rings. The van der Waals surface area contributed by atoms with Gasteiger partial charge in [0.2, 0.25) is 15.9 Å². The van der Waals surface area contributed by atoms with E-state index in [4.69, 9.17) is 0 Å². The van der Waals surface area contributed by atoms with E-state index in [1.165, 1.54) is 0 Å². The van der Waals surface area contributed by atoms with Crippen molar-refractivity contribution in [2.45, 2.75) is 37.1 Å². The third-order valence-electron chi connectivity index (χ3n) is 4.59. The van der Waals surface area contributed by atoms with Crippen LogP contribution in [-0.2, 0) is 27.8 Å². The molecule has 7 heteroatoms. The quantitative estimate of drug-likeness (QED) is 0.732. The first-order valence-corrected chi connectivity index (χ1v) is 11.3. The number of rotatable bonds is 6. The SMILES string of the molecule is O=C(Cc1cccc(Br)c1)NCc1cccc(S(=O)(=O)N2CCCCC2)c1. The second-order valence-electron chi connectivity index (χ2n) is 6.70. The van der Waals surface area contributed by atoms with Crippen LogP contribution in [0.2, 0.25) is 0 Å². The van der Waals surface area contributed by atoms with Crippen molar-refractivity contribution < 1.29 is 13.2 Å². The minimum absolute atomic E-state index is 0.0996. The number of nitrogens with zero attached hydrogens (tertiary/aromatic N) is 1. The number of benzene rings is 2. The number of piperidine rings is 1. The van der Waals surface area contributed by atoms with Gasteiger partial charge >= 0.3 is 0 Å². The highest BCUT2D eigenvalue weighted by Crippen LogP contribution is 2.21. The van der Waals surface area contributed by atoms with E-state index in [9.17, 15) is 13.2 Å². The van der Waals surface area contributed by atoms with Crippen LogP contribution in [0.25, 0.3) is 0 Å². The van der Waals surface area contributed by atoms with E-state index < -0.39 is 10.0 Å². The Morgan fingerprint density at radius 2 is 1.70 bits per heavy atom. The first-order valence-electron chi connectivity index (χ1n) is 9.05. The number of halogens is 1. The fourth-order valence-electron chi connectivity index (χ4n) is 3.17. The number of amides is 1. The molecule has 5 nitrogen and oxygen atoms in total. The molecule has 1 amide bonds. The number of hydrogen-bond acceptors (Lipinski definition) is 3. The van der Waals surface area contributed by atoms with Crippen LogP contribution in [0.15, 0.2) is 57.9 Å². The molecule has 0 unspecified atom stereocenters. The van der Waals surface area contributed by atoms with E-state index in [0.29, 0.717) is 24.5 Å². The van der Waals surface area contributed by atoms with E-state index in [0.717, 1.165) is 34.9 Å². The second kappa shape index (κ2) is 8.99. The van der Waals surface area contributed by atoms with E-state index in [1.54, 1.807) is 22.5 Å². The number of hydrogen-bond donors (Lipinski definition) is 1. The van der Waals surface area contributed by atoms with Crippen LogP contribution in [0.5, 0.6) is 0 Å². The molecule has 0 aliphatic carbocycles.